The molecule has 0 N–H and O–H groups in total. The third-order valence-corrected chi connectivity index (χ3v) is 6.24. The highest BCUT2D eigenvalue weighted by atomic mass is 32.2. The summed E-state index contributed by atoms with van der Waals surface area (Å²) in [6.07, 6.45) is 8.04. The minimum absolute atomic E-state index is 0.0921. The maximum atomic E-state index is 4.17. The van der Waals surface area contributed by atoms with Gasteiger partial charge in [-0.15, -0.1) is 0 Å². The predicted octanol–water partition coefficient (Wildman–Crippen LogP) is 4.72. The van der Waals surface area contributed by atoms with Gasteiger partial charge in [0.2, 0.25) is 0 Å². The summed E-state index contributed by atoms with van der Waals surface area (Å²) in [7, 11) is -0.0921. The van der Waals surface area contributed by atoms with Gasteiger partial charge in [0.1, 0.15) is 0 Å². The summed E-state index contributed by atoms with van der Waals surface area (Å²) in [4.78, 5) is 6.90. The molecule has 0 radical (unpaired) electrons. The van der Waals surface area contributed by atoms with Crippen LogP contribution in [0.4, 0.5) is 5.69 Å². The molecule has 2 aromatic carbocycles. The van der Waals surface area contributed by atoms with E-state index < -0.39 is 0 Å². The molecule has 4 heteroatoms. The number of benzene rings is 2. The van der Waals surface area contributed by atoms with Crippen LogP contribution in [0.1, 0.15) is 6.92 Å². The highest BCUT2D eigenvalue weighted by molar-refractivity contribution is 8.17. The Labute approximate surface area is 145 Å². The van der Waals surface area contributed by atoms with Crippen molar-refractivity contribution in [1.82, 2.24) is 9.55 Å². The summed E-state index contributed by atoms with van der Waals surface area (Å²) in [5.41, 5.74) is 2.52. The first-order chi connectivity index (χ1) is 11.8. The van der Waals surface area contributed by atoms with Crippen molar-refractivity contribution in [2.75, 3.05) is 4.31 Å². The summed E-state index contributed by atoms with van der Waals surface area (Å²) < 4.78 is 4.58. The van der Waals surface area contributed by atoms with Crippen LogP contribution in [-0.4, -0.2) is 14.4 Å². The van der Waals surface area contributed by atoms with Crippen molar-refractivity contribution in [3.05, 3.63) is 91.2 Å². The van der Waals surface area contributed by atoms with Crippen molar-refractivity contribution in [3.63, 3.8) is 0 Å². The quantitative estimate of drug-likeness (QED) is 0.644. The Kier molecular flexibility index (Phi) is 4.05. The second-order valence-corrected chi connectivity index (χ2v) is 7.76. The average Bonchev–Trinajstić information content (AvgIpc) is 3.24. The summed E-state index contributed by atoms with van der Waals surface area (Å²) in [6.45, 7) is 3.05. The third-order valence-electron chi connectivity index (χ3n) is 3.98. The van der Waals surface area contributed by atoms with E-state index in [2.05, 4.69) is 87.5 Å². The topological polar surface area (TPSA) is 21.1 Å². The molecular formula is C20H19N3S. The van der Waals surface area contributed by atoms with Crippen molar-refractivity contribution < 1.29 is 0 Å². The lowest BCUT2D eigenvalue weighted by molar-refractivity contribution is 0.777. The second kappa shape index (κ2) is 6.49. The van der Waals surface area contributed by atoms with Crippen LogP contribution in [-0.2, 0) is 6.54 Å². The van der Waals surface area contributed by atoms with Crippen molar-refractivity contribution in [3.8, 4) is 0 Å². The van der Waals surface area contributed by atoms with E-state index in [9.17, 15) is 0 Å². The number of hydrogen-bond donors (Lipinski definition) is 0. The molecule has 3 nitrogen and oxygen atoms in total. The highest BCUT2D eigenvalue weighted by Gasteiger charge is 2.24. The van der Waals surface area contributed by atoms with Crippen molar-refractivity contribution in [2.24, 2.45) is 0 Å². The molecule has 0 saturated carbocycles. The Morgan fingerprint density at radius 3 is 2.33 bits per heavy atom. The van der Waals surface area contributed by atoms with Gasteiger partial charge in [-0.3, -0.25) is 4.31 Å². The summed E-state index contributed by atoms with van der Waals surface area (Å²) >= 11 is 0. The van der Waals surface area contributed by atoms with Gasteiger partial charge in [-0.1, -0.05) is 47.1 Å². The van der Waals surface area contributed by atoms with E-state index in [1.807, 2.05) is 18.7 Å². The molecule has 1 aliphatic heterocycles. The molecule has 0 saturated heterocycles. The molecule has 4 rings (SSSR count). The summed E-state index contributed by atoms with van der Waals surface area (Å²) in [5.74, 6) is 0. The average molecular weight is 333 g/mol. The smallest absolute Gasteiger partial charge is 0.0949 e. The van der Waals surface area contributed by atoms with Gasteiger partial charge in [0.05, 0.1) is 24.3 Å². The molecular weight excluding hydrogens is 314 g/mol. The number of nitrogens with zero attached hydrogens (tertiary/aromatic N) is 3. The number of aromatic nitrogens is 2. The largest absolute Gasteiger partial charge is 0.332 e. The lowest BCUT2D eigenvalue weighted by Crippen LogP contribution is -2.17. The fourth-order valence-electron chi connectivity index (χ4n) is 2.96. The SMILES string of the molecule is CC1=S(c2ccccc2)N(c2ccccc2)C(Cn2ccnc2)=C1. The molecule has 1 aliphatic rings. The van der Waals surface area contributed by atoms with Crippen LogP contribution in [0.5, 0.6) is 0 Å². The lowest BCUT2D eigenvalue weighted by Gasteiger charge is -2.28. The Morgan fingerprint density at radius 2 is 1.67 bits per heavy atom. The number of para-hydroxylation sites is 1. The van der Waals surface area contributed by atoms with Crippen LogP contribution >= 0.6 is 10.7 Å². The molecule has 1 unspecified atom stereocenters. The molecule has 3 aromatic rings. The first-order valence-electron chi connectivity index (χ1n) is 7.97. The number of rotatable bonds is 4. The molecule has 120 valence electrons. The van der Waals surface area contributed by atoms with Crippen LogP contribution < -0.4 is 4.31 Å². The molecule has 0 aliphatic carbocycles. The van der Waals surface area contributed by atoms with Gasteiger partial charge in [0, 0.05) is 17.3 Å². The number of allylic oxidation sites excluding steroid dienone is 2. The van der Waals surface area contributed by atoms with E-state index >= 15 is 0 Å². The number of hydrogen-bond acceptors (Lipinski definition) is 2. The van der Waals surface area contributed by atoms with Crippen LogP contribution in [0.3, 0.4) is 0 Å². The van der Waals surface area contributed by atoms with Gasteiger partial charge in [-0.05, 0) is 42.1 Å². The predicted molar refractivity (Wildman–Crippen MR) is 102 cm³/mol. The van der Waals surface area contributed by atoms with E-state index in [-0.39, 0.29) is 10.7 Å². The van der Waals surface area contributed by atoms with E-state index in [1.54, 1.807) is 0 Å². The van der Waals surface area contributed by atoms with Crippen molar-refractivity contribution >= 4 is 21.2 Å². The Hall–Kier alpha value is -2.59. The fourth-order valence-corrected chi connectivity index (χ4v) is 5.17. The first kappa shape index (κ1) is 15.0. The van der Waals surface area contributed by atoms with Gasteiger partial charge >= 0.3 is 0 Å². The standard InChI is InChI=1S/C20H19N3S/c1-17-14-19(15-22-13-12-21-16-22)23(18-8-4-2-5-9-18)24(17)20-10-6-3-7-11-20/h2-14,16H,15H2,1H3. The fraction of sp³-hybridized carbons (Fsp3) is 0.100. The minimum Gasteiger partial charge on any atom is -0.332 e. The van der Waals surface area contributed by atoms with Gasteiger partial charge in [0.15, 0.2) is 0 Å². The lowest BCUT2D eigenvalue weighted by atomic mass is 10.2. The van der Waals surface area contributed by atoms with Crippen molar-refractivity contribution in [1.29, 1.82) is 0 Å². The van der Waals surface area contributed by atoms with E-state index in [4.69, 9.17) is 0 Å². The zero-order chi connectivity index (χ0) is 16.4. The van der Waals surface area contributed by atoms with E-state index in [0.29, 0.717) is 0 Å². The molecule has 24 heavy (non-hydrogen) atoms. The normalized spacial score (nSPS) is 17.2. The number of anilines is 1. The Morgan fingerprint density at radius 1 is 0.958 bits per heavy atom. The summed E-state index contributed by atoms with van der Waals surface area (Å²) in [6, 6.07) is 21.4. The van der Waals surface area contributed by atoms with E-state index in [1.165, 1.54) is 21.1 Å². The Balaban J connectivity index is 1.78. The summed E-state index contributed by atoms with van der Waals surface area (Å²) in [5, 5.41) is 0. The zero-order valence-corrected chi connectivity index (χ0v) is 14.4. The zero-order valence-electron chi connectivity index (χ0n) is 13.5. The van der Waals surface area contributed by atoms with Crippen molar-refractivity contribution in [2.45, 2.75) is 18.4 Å². The van der Waals surface area contributed by atoms with Crippen LogP contribution in [0.2, 0.25) is 0 Å². The third kappa shape index (κ3) is 2.81. The van der Waals surface area contributed by atoms with E-state index in [0.717, 1.165) is 6.54 Å². The first-order valence-corrected chi connectivity index (χ1v) is 9.15. The molecule has 1 atom stereocenters. The second-order valence-electron chi connectivity index (χ2n) is 5.71. The monoisotopic (exact) mass is 333 g/mol. The molecule has 0 spiro atoms. The molecule has 0 amide bonds. The van der Waals surface area contributed by atoms with Gasteiger partial charge in [0.25, 0.3) is 0 Å². The minimum atomic E-state index is -0.0921. The molecule has 0 fully saturated rings. The molecule has 0 bridgehead atoms. The van der Waals surface area contributed by atoms with Crippen LogP contribution in [0.25, 0.3) is 0 Å². The van der Waals surface area contributed by atoms with Gasteiger partial charge in [-0.25, -0.2) is 4.98 Å². The van der Waals surface area contributed by atoms with Crippen LogP contribution in [0, 0.1) is 0 Å². The van der Waals surface area contributed by atoms with Gasteiger partial charge < -0.3 is 4.57 Å². The molecule has 2 heterocycles. The Bertz CT molecular complexity index is 881. The highest BCUT2D eigenvalue weighted by Crippen LogP contribution is 2.44. The maximum Gasteiger partial charge on any atom is 0.0949 e. The van der Waals surface area contributed by atoms with Gasteiger partial charge in [-0.2, -0.15) is 0 Å². The number of imidazole rings is 1. The maximum absolute atomic E-state index is 4.17. The van der Waals surface area contributed by atoms with Crippen LogP contribution in [0.15, 0.2) is 96.1 Å². The molecule has 1 aromatic heterocycles.